The SMILES string of the molecule is Cc1sc(N=Nc2c(-c3ccccc3)[nH]n(-c3nc(-c4ccccc4)cs3)c2=O)nc1C(C)(C)CO. The summed E-state index contributed by atoms with van der Waals surface area (Å²) in [5.74, 6) is 0. The molecule has 0 aliphatic carbocycles. The first-order valence-electron chi connectivity index (χ1n) is 11.3. The van der Waals surface area contributed by atoms with E-state index in [-0.39, 0.29) is 17.9 Å². The second-order valence-corrected chi connectivity index (χ2v) is 10.9. The van der Waals surface area contributed by atoms with Gasteiger partial charge in [-0.05, 0) is 6.92 Å². The molecule has 5 rings (SSSR count). The Morgan fingerprint density at radius 2 is 1.67 bits per heavy atom. The van der Waals surface area contributed by atoms with Crippen LogP contribution in [0.4, 0.5) is 10.8 Å². The molecule has 0 unspecified atom stereocenters. The largest absolute Gasteiger partial charge is 0.395 e. The van der Waals surface area contributed by atoms with Crippen LogP contribution < -0.4 is 5.56 Å². The van der Waals surface area contributed by atoms with Crippen molar-refractivity contribution in [3.63, 3.8) is 0 Å². The number of thiazole rings is 2. The number of aromatic amines is 1. The zero-order valence-electron chi connectivity index (χ0n) is 20.0. The molecule has 3 aromatic heterocycles. The Morgan fingerprint density at radius 1 is 1.00 bits per heavy atom. The van der Waals surface area contributed by atoms with E-state index in [9.17, 15) is 9.90 Å². The van der Waals surface area contributed by atoms with Crippen molar-refractivity contribution in [2.45, 2.75) is 26.2 Å². The summed E-state index contributed by atoms with van der Waals surface area (Å²) in [6.45, 7) is 5.75. The fourth-order valence-corrected chi connectivity index (χ4v) is 5.49. The molecule has 0 amide bonds. The van der Waals surface area contributed by atoms with Gasteiger partial charge in [0.1, 0.15) is 0 Å². The van der Waals surface area contributed by atoms with E-state index in [4.69, 9.17) is 0 Å². The number of H-pyrrole nitrogens is 1. The Kier molecular flexibility index (Phi) is 6.48. The molecule has 5 aromatic rings. The van der Waals surface area contributed by atoms with Gasteiger partial charge in [-0.25, -0.2) is 9.97 Å². The third-order valence-electron chi connectivity index (χ3n) is 5.74. The number of aryl methyl sites for hydroxylation is 1. The van der Waals surface area contributed by atoms with Crippen molar-refractivity contribution in [2.24, 2.45) is 10.2 Å². The third-order valence-corrected chi connectivity index (χ3v) is 7.42. The zero-order chi connectivity index (χ0) is 25.3. The van der Waals surface area contributed by atoms with Crippen LogP contribution in [0.5, 0.6) is 0 Å². The normalized spacial score (nSPS) is 12.0. The van der Waals surface area contributed by atoms with Gasteiger partial charge in [0.15, 0.2) is 5.69 Å². The molecule has 0 atom stereocenters. The number of aliphatic hydroxyl groups is 1. The number of aliphatic hydroxyl groups excluding tert-OH is 1. The summed E-state index contributed by atoms with van der Waals surface area (Å²) in [5.41, 5.74) is 3.22. The summed E-state index contributed by atoms with van der Waals surface area (Å²) in [4.78, 5) is 23.7. The van der Waals surface area contributed by atoms with Gasteiger partial charge < -0.3 is 5.11 Å². The Labute approximate surface area is 215 Å². The highest BCUT2D eigenvalue weighted by Gasteiger charge is 2.26. The van der Waals surface area contributed by atoms with E-state index in [2.05, 4.69) is 25.3 Å². The molecule has 2 aromatic carbocycles. The van der Waals surface area contributed by atoms with Crippen LogP contribution in [-0.2, 0) is 5.41 Å². The molecule has 0 spiro atoms. The van der Waals surface area contributed by atoms with Gasteiger partial charge in [-0.15, -0.1) is 21.6 Å². The second kappa shape index (κ2) is 9.73. The first-order chi connectivity index (χ1) is 17.4. The molecule has 3 heterocycles. The monoisotopic (exact) mass is 516 g/mol. The van der Waals surface area contributed by atoms with E-state index >= 15 is 0 Å². The topological polar surface area (TPSA) is 109 Å². The molecular weight excluding hydrogens is 492 g/mol. The van der Waals surface area contributed by atoms with Gasteiger partial charge in [-0.1, -0.05) is 85.8 Å². The minimum atomic E-state index is -0.494. The first-order valence-corrected chi connectivity index (χ1v) is 13.0. The smallest absolute Gasteiger partial charge is 0.301 e. The lowest BCUT2D eigenvalue weighted by Gasteiger charge is -2.19. The quantitative estimate of drug-likeness (QED) is 0.244. The summed E-state index contributed by atoms with van der Waals surface area (Å²) in [5, 5.41) is 24.4. The van der Waals surface area contributed by atoms with Crippen LogP contribution in [0.1, 0.15) is 24.4 Å². The molecule has 0 saturated carbocycles. The summed E-state index contributed by atoms with van der Waals surface area (Å²) in [6, 6.07) is 19.3. The maximum Gasteiger partial charge on any atom is 0.301 e. The van der Waals surface area contributed by atoms with E-state index in [0.29, 0.717) is 16.0 Å². The summed E-state index contributed by atoms with van der Waals surface area (Å²) < 4.78 is 1.40. The van der Waals surface area contributed by atoms with Gasteiger partial charge in [0.25, 0.3) is 0 Å². The highest BCUT2D eigenvalue weighted by atomic mass is 32.1. The lowest BCUT2D eigenvalue weighted by atomic mass is 9.90. The van der Waals surface area contributed by atoms with Crippen LogP contribution in [0, 0.1) is 6.92 Å². The van der Waals surface area contributed by atoms with E-state index in [1.54, 1.807) is 0 Å². The lowest BCUT2D eigenvalue weighted by Crippen LogP contribution is -2.23. The number of azo groups is 1. The molecule has 0 aliphatic heterocycles. The van der Waals surface area contributed by atoms with Gasteiger partial charge in [0, 0.05) is 26.8 Å². The highest BCUT2D eigenvalue weighted by Crippen LogP contribution is 2.35. The molecule has 2 N–H and O–H groups in total. The third kappa shape index (κ3) is 4.58. The van der Waals surface area contributed by atoms with Crippen molar-refractivity contribution < 1.29 is 5.11 Å². The molecule has 0 aliphatic rings. The Morgan fingerprint density at radius 3 is 2.33 bits per heavy atom. The van der Waals surface area contributed by atoms with Gasteiger partial charge in [-0.3, -0.25) is 9.89 Å². The van der Waals surface area contributed by atoms with Crippen LogP contribution in [0.3, 0.4) is 0 Å². The van der Waals surface area contributed by atoms with E-state index < -0.39 is 5.41 Å². The molecule has 0 saturated heterocycles. The molecule has 8 nitrogen and oxygen atoms in total. The number of nitrogens with zero attached hydrogens (tertiary/aromatic N) is 5. The van der Waals surface area contributed by atoms with Crippen LogP contribution in [0.25, 0.3) is 27.6 Å². The van der Waals surface area contributed by atoms with Crippen molar-refractivity contribution in [1.29, 1.82) is 0 Å². The molecule has 0 radical (unpaired) electrons. The maximum atomic E-state index is 13.5. The van der Waals surface area contributed by atoms with Gasteiger partial charge >= 0.3 is 5.56 Å². The van der Waals surface area contributed by atoms with Crippen LogP contribution in [-0.4, -0.2) is 31.5 Å². The number of hydrogen-bond donors (Lipinski definition) is 2. The predicted octanol–water partition coefficient (Wildman–Crippen LogP) is 6.41. The van der Waals surface area contributed by atoms with Crippen molar-refractivity contribution in [3.05, 3.63) is 87.0 Å². The average Bonchev–Trinajstić information content (AvgIpc) is 3.61. The molecular formula is C26H24N6O2S2. The molecule has 182 valence electrons. The number of benzene rings is 2. The van der Waals surface area contributed by atoms with Crippen molar-refractivity contribution in [2.75, 3.05) is 6.61 Å². The predicted molar refractivity (Wildman–Crippen MR) is 144 cm³/mol. The maximum absolute atomic E-state index is 13.5. The molecule has 36 heavy (non-hydrogen) atoms. The number of rotatable bonds is 7. The van der Waals surface area contributed by atoms with Crippen LogP contribution in [0.2, 0.25) is 0 Å². The lowest BCUT2D eigenvalue weighted by molar-refractivity contribution is 0.215. The Hall–Kier alpha value is -3.73. The molecule has 10 heteroatoms. The molecule has 0 bridgehead atoms. The number of hydrogen-bond acceptors (Lipinski definition) is 8. The Bertz CT molecular complexity index is 1580. The van der Waals surface area contributed by atoms with Crippen molar-refractivity contribution in [3.8, 4) is 27.6 Å². The van der Waals surface area contributed by atoms with Crippen LogP contribution >= 0.6 is 22.7 Å². The highest BCUT2D eigenvalue weighted by molar-refractivity contribution is 7.15. The number of aromatic nitrogens is 4. The summed E-state index contributed by atoms with van der Waals surface area (Å²) >= 11 is 2.74. The summed E-state index contributed by atoms with van der Waals surface area (Å²) in [6.07, 6.45) is 0. The van der Waals surface area contributed by atoms with E-state index in [1.807, 2.05) is 86.8 Å². The second-order valence-electron chi connectivity index (χ2n) is 8.87. The summed E-state index contributed by atoms with van der Waals surface area (Å²) in [7, 11) is 0. The van der Waals surface area contributed by atoms with E-state index in [1.165, 1.54) is 27.4 Å². The van der Waals surface area contributed by atoms with Gasteiger partial charge in [-0.2, -0.15) is 4.68 Å². The fraction of sp³-hybridized carbons (Fsp3) is 0.192. The fourth-order valence-electron chi connectivity index (χ4n) is 3.79. The Balaban J connectivity index is 1.57. The zero-order valence-corrected chi connectivity index (χ0v) is 21.6. The van der Waals surface area contributed by atoms with Gasteiger partial charge in [0.05, 0.1) is 23.7 Å². The minimum Gasteiger partial charge on any atom is -0.395 e. The average molecular weight is 517 g/mol. The van der Waals surface area contributed by atoms with E-state index in [0.717, 1.165) is 27.4 Å². The number of nitrogens with one attached hydrogen (secondary N) is 1. The van der Waals surface area contributed by atoms with Gasteiger partial charge in [0.2, 0.25) is 10.3 Å². The first kappa shape index (κ1) is 24.0. The minimum absolute atomic E-state index is 0.0341. The van der Waals surface area contributed by atoms with Crippen molar-refractivity contribution in [1.82, 2.24) is 19.7 Å². The van der Waals surface area contributed by atoms with Crippen LogP contribution in [0.15, 0.2) is 81.1 Å². The molecule has 0 fully saturated rings. The standard InChI is InChI=1S/C26H24N6O2S2/c1-16-22(26(2,3)15-33)28-24(36-16)30-29-21-20(18-12-8-5-9-13-18)31-32(23(21)34)25-27-19(14-35-25)17-10-6-4-7-11-17/h4-14,31,33H,15H2,1-3H3. The van der Waals surface area contributed by atoms with Crippen molar-refractivity contribution >= 4 is 33.5 Å².